The molecule has 0 aromatic heterocycles. The van der Waals surface area contributed by atoms with E-state index in [9.17, 15) is 0 Å². The highest BCUT2D eigenvalue weighted by molar-refractivity contribution is 5.55. The summed E-state index contributed by atoms with van der Waals surface area (Å²) in [6.07, 6.45) is 8.69. The van der Waals surface area contributed by atoms with Crippen molar-refractivity contribution < 1.29 is 0 Å². The Labute approximate surface area is 123 Å². The molecule has 2 fully saturated rings. The van der Waals surface area contributed by atoms with Gasteiger partial charge in [-0.2, -0.15) is 0 Å². The van der Waals surface area contributed by atoms with Crippen LogP contribution in [0.25, 0.3) is 0 Å². The minimum absolute atomic E-state index is 0.425. The van der Waals surface area contributed by atoms with E-state index in [0.29, 0.717) is 11.5 Å². The van der Waals surface area contributed by atoms with E-state index in [-0.39, 0.29) is 0 Å². The number of hydrogen-bond acceptors (Lipinski definition) is 2. The van der Waals surface area contributed by atoms with Gasteiger partial charge in [-0.05, 0) is 56.7 Å². The Morgan fingerprint density at radius 2 is 1.70 bits per heavy atom. The third kappa shape index (κ3) is 2.58. The first-order valence-corrected chi connectivity index (χ1v) is 8.25. The summed E-state index contributed by atoms with van der Waals surface area (Å²) >= 11 is 0. The van der Waals surface area contributed by atoms with Gasteiger partial charge in [0.15, 0.2) is 0 Å². The average Bonchev–Trinajstić information content (AvgIpc) is 2.95. The lowest BCUT2D eigenvalue weighted by molar-refractivity contribution is 0.226. The molecule has 1 N–H and O–H groups in total. The molecule has 1 unspecified atom stereocenters. The Bertz CT molecular complexity index is 438. The van der Waals surface area contributed by atoms with Crippen LogP contribution in [-0.2, 0) is 0 Å². The standard InChI is InChI=1S/C18H28N2/c1-15(19-2)16-7-3-4-8-17(16)20-13-11-18(12-14-20)9-5-6-10-18/h3-4,7-8,15,19H,5-6,9-14H2,1-2H3. The number of piperidine rings is 1. The molecule has 20 heavy (non-hydrogen) atoms. The van der Waals surface area contributed by atoms with Gasteiger partial charge in [0.25, 0.3) is 0 Å². The molecule has 2 nitrogen and oxygen atoms in total. The second-order valence-corrected chi connectivity index (χ2v) is 6.76. The minimum atomic E-state index is 0.425. The predicted molar refractivity (Wildman–Crippen MR) is 86.3 cm³/mol. The van der Waals surface area contributed by atoms with E-state index in [4.69, 9.17) is 0 Å². The van der Waals surface area contributed by atoms with Gasteiger partial charge in [0.2, 0.25) is 0 Å². The number of nitrogens with one attached hydrogen (secondary N) is 1. The zero-order chi connectivity index (χ0) is 14.0. The molecule has 3 rings (SSSR count). The first kappa shape index (κ1) is 13.9. The molecule has 1 aromatic carbocycles. The topological polar surface area (TPSA) is 15.3 Å². The van der Waals surface area contributed by atoms with Gasteiger partial charge >= 0.3 is 0 Å². The van der Waals surface area contributed by atoms with Crippen LogP contribution in [0.4, 0.5) is 5.69 Å². The van der Waals surface area contributed by atoms with Crippen LogP contribution in [0.2, 0.25) is 0 Å². The van der Waals surface area contributed by atoms with Crippen LogP contribution >= 0.6 is 0 Å². The Morgan fingerprint density at radius 3 is 2.35 bits per heavy atom. The van der Waals surface area contributed by atoms with Crippen LogP contribution in [0.3, 0.4) is 0 Å². The van der Waals surface area contributed by atoms with Crippen molar-refractivity contribution in [1.82, 2.24) is 5.32 Å². The van der Waals surface area contributed by atoms with Crippen molar-refractivity contribution in [3.05, 3.63) is 29.8 Å². The lowest BCUT2D eigenvalue weighted by Gasteiger charge is -2.41. The number of para-hydroxylation sites is 1. The third-order valence-corrected chi connectivity index (χ3v) is 5.67. The molecular weight excluding hydrogens is 244 g/mol. The van der Waals surface area contributed by atoms with E-state index in [1.54, 1.807) is 0 Å². The maximum atomic E-state index is 3.38. The first-order valence-electron chi connectivity index (χ1n) is 8.25. The van der Waals surface area contributed by atoms with Crippen LogP contribution in [0, 0.1) is 5.41 Å². The maximum absolute atomic E-state index is 3.38. The summed E-state index contributed by atoms with van der Waals surface area (Å²) in [5.74, 6) is 0. The molecule has 1 saturated carbocycles. The number of rotatable bonds is 3. The molecule has 1 atom stereocenters. The van der Waals surface area contributed by atoms with E-state index >= 15 is 0 Å². The zero-order valence-corrected chi connectivity index (χ0v) is 13.0. The molecule has 1 aromatic rings. The Balaban J connectivity index is 1.74. The number of anilines is 1. The van der Waals surface area contributed by atoms with Crippen LogP contribution in [-0.4, -0.2) is 20.1 Å². The molecule has 1 saturated heterocycles. The Hall–Kier alpha value is -1.02. The number of hydrogen-bond donors (Lipinski definition) is 1. The zero-order valence-electron chi connectivity index (χ0n) is 13.0. The van der Waals surface area contributed by atoms with Gasteiger partial charge < -0.3 is 10.2 Å². The minimum Gasteiger partial charge on any atom is -0.371 e. The molecular formula is C18H28N2. The van der Waals surface area contributed by atoms with Crippen LogP contribution in [0.15, 0.2) is 24.3 Å². The third-order valence-electron chi connectivity index (χ3n) is 5.67. The average molecular weight is 272 g/mol. The van der Waals surface area contributed by atoms with E-state index < -0.39 is 0 Å². The molecule has 2 heteroatoms. The quantitative estimate of drug-likeness (QED) is 0.890. The molecule has 1 spiro atoms. The highest BCUT2D eigenvalue weighted by Crippen LogP contribution is 2.47. The molecule has 0 radical (unpaired) electrons. The Morgan fingerprint density at radius 1 is 1.05 bits per heavy atom. The van der Waals surface area contributed by atoms with Gasteiger partial charge in [-0.1, -0.05) is 31.0 Å². The summed E-state index contributed by atoms with van der Waals surface area (Å²) in [6.45, 7) is 4.74. The maximum Gasteiger partial charge on any atom is 0.0414 e. The molecule has 0 amide bonds. The molecule has 1 aliphatic carbocycles. The van der Waals surface area contributed by atoms with E-state index in [1.165, 1.54) is 62.9 Å². The fourth-order valence-electron chi connectivity index (χ4n) is 4.14. The monoisotopic (exact) mass is 272 g/mol. The van der Waals surface area contributed by atoms with Crippen molar-refractivity contribution in [3.63, 3.8) is 0 Å². The predicted octanol–water partition coefficient (Wildman–Crippen LogP) is 4.13. The van der Waals surface area contributed by atoms with Gasteiger partial charge in [-0.3, -0.25) is 0 Å². The Kier molecular flexibility index (Phi) is 4.02. The highest BCUT2D eigenvalue weighted by Gasteiger charge is 2.37. The van der Waals surface area contributed by atoms with Gasteiger partial charge in [0.05, 0.1) is 0 Å². The van der Waals surface area contributed by atoms with E-state index in [0.717, 1.165) is 0 Å². The van der Waals surface area contributed by atoms with E-state index in [2.05, 4.69) is 41.4 Å². The van der Waals surface area contributed by atoms with Crippen molar-refractivity contribution in [3.8, 4) is 0 Å². The van der Waals surface area contributed by atoms with Crippen molar-refractivity contribution in [2.75, 3.05) is 25.0 Å². The smallest absolute Gasteiger partial charge is 0.0414 e. The van der Waals surface area contributed by atoms with Gasteiger partial charge in [-0.15, -0.1) is 0 Å². The van der Waals surface area contributed by atoms with Gasteiger partial charge in [-0.25, -0.2) is 0 Å². The largest absolute Gasteiger partial charge is 0.371 e. The normalized spacial score (nSPS) is 23.2. The second kappa shape index (κ2) is 5.77. The van der Waals surface area contributed by atoms with Crippen molar-refractivity contribution >= 4 is 5.69 Å². The van der Waals surface area contributed by atoms with Crippen LogP contribution in [0.1, 0.15) is 57.1 Å². The number of nitrogens with zero attached hydrogens (tertiary/aromatic N) is 1. The summed E-state index contributed by atoms with van der Waals surface area (Å²) in [5, 5.41) is 3.38. The number of benzene rings is 1. The molecule has 2 aliphatic rings. The summed E-state index contributed by atoms with van der Waals surface area (Å²) in [5.41, 5.74) is 3.60. The molecule has 110 valence electrons. The molecule has 1 aliphatic heterocycles. The van der Waals surface area contributed by atoms with Gasteiger partial charge in [0.1, 0.15) is 0 Å². The second-order valence-electron chi connectivity index (χ2n) is 6.76. The lowest BCUT2D eigenvalue weighted by Crippen LogP contribution is -2.39. The SMILES string of the molecule is CNC(C)c1ccccc1N1CCC2(CCCC2)CC1. The van der Waals surface area contributed by atoms with Crippen molar-refractivity contribution in [1.29, 1.82) is 0 Å². The summed E-state index contributed by atoms with van der Waals surface area (Å²) in [4.78, 5) is 2.62. The van der Waals surface area contributed by atoms with Gasteiger partial charge in [0, 0.05) is 24.8 Å². The highest BCUT2D eigenvalue weighted by atomic mass is 15.1. The fraction of sp³-hybridized carbons (Fsp3) is 0.667. The van der Waals surface area contributed by atoms with Crippen molar-refractivity contribution in [2.45, 2.75) is 51.5 Å². The summed E-state index contributed by atoms with van der Waals surface area (Å²) in [7, 11) is 2.05. The molecule has 0 bridgehead atoms. The van der Waals surface area contributed by atoms with Crippen LogP contribution in [0.5, 0.6) is 0 Å². The van der Waals surface area contributed by atoms with Crippen molar-refractivity contribution in [2.24, 2.45) is 5.41 Å². The fourth-order valence-corrected chi connectivity index (χ4v) is 4.14. The summed E-state index contributed by atoms with van der Waals surface area (Å²) < 4.78 is 0. The lowest BCUT2D eigenvalue weighted by atomic mass is 9.77. The van der Waals surface area contributed by atoms with Crippen LogP contribution < -0.4 is 10.2 Å². The summed E-state index contributed by atoms with van der Waals surface area (Å²) in [6, 6.07) is 9.34. The molecule has 1 heterocycles. The van der Waals surface area contributed by atoms with E-state index in [1.807, 2.05) is 7.05 Å². The first-order chi connectivity index (χ1) is 9.74.